The number of nitrogens with one attached hydrogen (secondary N) is 3. The minimum absolute atomic E-state index is 0.0559. The van der Waals surface area contributed by atoms with E-state index >= 15 is 0 Å². The van der Waals surface area contributed by atoms with Crippen LogP contribution < -0.4 is 16.0 Å². The number of aromatic nitrogens is 1. The molecule has 2 aromatic carbocycles. The van der Waals surface area contributed by atoms with Gasteiger partial charge < -0.3 is 16.0 Å². The summed E-state index contributed by atoms with van der Waals surface area (Å²) in [6.45, 7) is 4.91. The summed E-state index contributed by atoms with van der Waals surface area (Å²) in [7, 11) is 0. The molecule has 1 unspecified atom stereocenters. The standard InChI is InChI=1S/C25H29N5O2/c1-18-15-23(21-9-5-6-10-22(21)27-18)29-25(32)26-12-14-30-13-11-20(17-30)28-24(31)16-19-7-3-2-4-8-19/h2-10,15,20H,11-14,16-17H2,1H3,(H,28,31)(H2,26,27,29,32). The van der Waals surface area contributed by atoms with Crippen molar-refractivity contribution in [2.24, 2.45) is 0 Å². The van der Waals surface area contributed by atoms with Crippen LogP contribution in [0.25, 0.3) is 10.9 Å². The van der Waals surface area contributed by atoms with Crippen molar-refractivity contribution in [1.82, 2.24) is 20.5 Å². The van der Waals surface area contributed by atoms with Crippen molar-refractivity contribution in [3.63, 3.8) is 0 Å². The maximum Gasteiger partial charge on any atom is 0.319 e. The lowest BCUT2D eigenvalue weighted by Gasteiger charge is -2.17. The van der Waals surface area contributed by atoms with Crippen molar-refractivity contribution in [2.45, 2.75) is 25.8 Å². The van der Waals surface area contributed by atoms with Crippen LogP contribution in [-0.2, 0) is 11.2 Å². The maximum atomic E-state index is 12.4. The number of pyridine rings is 1. The highest BCUT2D eigenvalue weighted by Crippen LogP contribution is 2.22. The van der Waals surface area contributed by atoms with Crippen molar-refractivity contribution in [1.29, 1.82) is 0 Å². The Morgan fingerprint density at radius 2 is 1.88 bits per heavy atom. The number of nitrogens with zero attached hydrogens (tertiary/aromatic N) is 2. The fraction of sp³-hybridized carbons (Fsp3) is 0.320. The van der Waals surface area contributed by atoms with Gasteiger partial charge in [-0.05, 0) is 31.0 Å². The van der Waals surface area contributed by atoms with Crippen LogP contribution in [0.3, 0.4) is 0 Å². The molecule has 32 heavy (non-hydrogen) atoms. The molecule has 7 heteroatoms. The number of carbonyl (C=O) groups is 2. The molecule has 4 rings (SSSR count). The maximum absolute atomic E-state index is 12.4. The smallest absolute Gasteiger partial charge is 0.319 e. The van der Waals surface area contributed by atoms with Crippen LogP contribution in [0.15, 0.2) is 60.7 Å². The van der Waals surface area contributed by atoms with Gasteiger partial charge in [-0.25, -0.2) is 4.79 Å². The first-order chi connectivity index (χ1) is 15.6. The molecule has 1 aliphatic heterocycles. The Morgan fingerprint density at radius 1 is 1.09 bits per heavy atom. The number of amides is 3. The minimum Gasteiger partial charge on any atom is -0.352 e. The highest BCUT2D eigenvalue weighted by molar-refractivity contribution is 6.00. The number of fused-ring (bicyclic) bond motifs is 1. The molecule has 1 atom stereocenters. The first-order valence-corrected chi connectivity index (χ1v) is 11.0. The highest BCUT2D eigenvalue weighted by Gasteiger charge is 2.23. The van der Waals surface area contributed by atoms with E-state index in [4.69, 9.17) is 0 Å². The Bertz CT molecular complexity index is 1090. The molecule has 0 saturated carbocycles. The number of carbonyl (C=O) groups excluding carboxylic acids is 2. The SMILES string of the molecule is Cc1cc(NC(=O)NCCN2CCC(NC(=O)Cc3ccccc3)C2)c2ccccc2n1. The van der Waals surface area contributed by atoms with Gasteiger partial charge in [-0.2, -0.15) is 0 Å². The van der Waals surface area contributed by atoms with Crippen molar-refractivity contribution in [2.75, 3.05) is 31.5 Å². The van der Waals surface area contributed by atoms with Crippen molar-refractivity contribution in [3.8, 4) is 0 Å². The first kappa shape index (κ1) is 21.8. The van der Waals surface area contributed by atoms with E-state index in [-0.39, 0.29) is 18.0 Å². The molecule has 1 aliphatic rings. The van der Waals surface area contributed by atoms with E-state index < -0.39 is 0 Å². The van der Waals surface area contributed by atoms with Crippen molar-refractivity contribution < 1.29 is 9.59 Å². The summed E-state index contributed by atoms with van der Waals surface area (Å²) in [5, 5.41) is 9.92. The minimum atomic E-state index is -0.229. The Kier molecular flexibility index (Phi) is 6.97. The Labute approximate surface area is 188 Å². The van der Waals surface area contributed by atoms with E-state index in [2.05, 4.69) is 25.8 Å². The van der Waals surface area contributed by atoms with Gasteiger partial charge in [-0.3, -0.25) is 14.7 Å². The average Bonchev–Trinajstić information content (AvgIpc) is 3.21. The second-order valence-electron chi connectivity index (χ2n) is 8.23. The van der Waals surface area contributed by atoms with Crippen LogP contribution in [0.1, 0.15) is 17.7 Å². The van der Waals surface area contributed by atoms with Gasteiger partial charge in [-0.1, -0.05) is 48.5 Å². The topological polar surface area (TPSA) is 86.4 Å². The van der Waals surface area contributed by atoms with Gasteiger partial charge in [0.25, 0.3) is 0 Å². The number of likely N-dealkylation sites (tertiary alicyclic amines) is 1. The monoisotopic (exact) mass is 431 g/mol. The Balaban J connectivity index is 1.19. The fourth-order valence-electron chi connectivity index (χ4n) is 4.12. The van der Waals surface area contributed by atoms with E-state index in [0.717, 1.165) is 53.9 Å². The quantitative estimate of drug-likeness (QED) is 0.537. The molecule has 0 radical (unpaired) electrons. The van der Waals surface area contributed by atoms with E-state index in [1.165, 1.54) is 0 Å². The van der Waals surface area contributed by atoms with E-state index in [0.29, 0.717) is 13.0 Å². The molecule has 0 spiro atoms. The second-order valence-corrected chi connectivity index (χ2v) is 8.23. The van der Waals surface area contributed by atoms with E-state index in [1.807, 2.05) is 67.6 Å². The predicted octanol–water partition coefficient (Wildman–Crippen LogP) is 3.10. The van der Waals surface area contributed by atoms with E-state index in [1.54, 1.807) is 0 Å². The summed E-state index contributed by atoms with van der Waals surface area (Å²) in [5.41, 5.74) is 3.50. The zero-order valence-corrected chi connectivity index (χ0v) is 18.3. The van der Waals surface area contributed by atoms with Gasteiger partial charge in [0, 0.05) is 43.3 Å². The number of benzene rings is 2. The highest BCUT2D eigenvalue weighted by atomic mass is 16.2. The first-order valence-electron chi connectivity index (χ1n) is 11.0. The van der Waals surface area contributed by atoms with Gasteiger partial charge in [0.15, 0.2) is 0 Å². The Morgan fingerprint density at radius 3 is 2.72 bits per heavy atom. The zero-order chi connectivity index (χ0) is 22.3. The summed E-state index contributed by atoms with van der Waals surface area (Å²) in [6, 6.07) is 19.3. The number of hydrogen-bond acceptors (Lipinski definition) is 4. The molecule has 0 bridgehead atoms. The largest absolute Gasteiger partial charge is 0.352 e. The third-order valence-electron chi connectivity index (χ3n) is 5.65. The number of rotatable bonds is 7. The third-order valence-corrected chi connectivity index (χ3v) is 5.65. The number of aryl methyl sites for hydroxylation is 1. The van der Waals surface area contributed by atoms with Crippen molar-refractivity contribution >= 4 is 28.5 Å². The van der Waals surface area contributed by atoms with Gasteiger partial charge >= 0.3 is 6.03 Å². The normalized spacial score (nSPS) is 16.1. The molecule has 166 valence electrons. The van der Waals surface area contributed by atoms with Gasteiger partial charge in [0.05, 0.1) is 17.6 Å². The summed E-state index contributed by atoms with van der Waals surface area (Å²) in [4.78, 5) is 31.4. The van der Waals surface area contributed by atoms with Crippen LogP contribution >= 0.6 is 0 Å². The molecule has 1 fully saturated rings. The van der Waals surface area contributed by atoms with Crippen molar-refractivity contribution in [3.05, 3.63) is 71.9 Å². The molecular weight excluding hydrogens is 402 g/mol. The second kappa shape index (κ2) is 10.2. The van der Waals surface area contributed by atoms with Gasteiger partial charge in [-0.15, -0.1) is 0 Å². The molecule has 3 aromatic rings. The molecule has 2 heterocycles. The number of para-hydroxylation sites is 1. The van der Waals surface area contributed by atoms with Crippen LogP contribution in [0.4, 0.5) is 10.5 Å². The lowest BCUT2D eigenvalue weighted by atomic mass is 10.1. The molecule has 7 nitrogen and oxygen atoms in total. The van der Waals surface area contributed by atoms with Crippen LogP contribution in [0.2, 0.25) is 0 Å². The average molecular weight is 432 g/mol. The number of urea groups is 1. The molecule has 0 aliphatic carbocycles. The molecular formula is C25H29N5O2. The Hall–Kier alpha value is -3.45. The fourth-order valence-corrected chi connectivity index (χ4v) is 4.12. The summed E-state index contributed by atoms with van der Waals surface area (Å²) < 4.78 is 0. The third kappa shape index (κ3) is 5.82. The van der Waals surface area contributed by atoms with E-state index in [9.17, 15) is 9.59 Å². The van der Waals surface area contributed by atoms with Crippen LogP contribution in [-0.4, -0.2) is 54.0 Å². The summed E-state index contributed by atoms with van der Waals surface area (Å²) >= 11 is 0. The molecule has 3 amide bonds. The molecule has 1 saturated heterocycles. The van der Waals surface area contributed by atoms with Gasteiger partial charge in [0.2, 0.25) is 5.91 Å². The molecule has 1 aromatic heterocycles. The predicted molar refractivity (Wildman–Crippen MR) is 127 cm³/mol. The zero-order valence-electron chi connectivity index (χ0n) is 18.3. The summed E-state index contributed by atoms with van der Waals surface area (Å²) in [5.74, 6) is 0.0559. The van der Waals surface area contributed by atoms with Crippen LogP contribution in [0.5, 0.6) is 0 Å². The van der Waals surface area contributed by atoms with Gasteiger partial charge in [0.1, 0.15) is 0 Å². The molecule has 3 N–H and O–H groups in total. The number of hydrogen-bond donors (Lipinski definition) is 3. The van der Waals surface area contributed by atoms with Crippen LogP contribution in [0, 0.1) is 6.92 Å². The number of anilines is 1. The lowest BCUT2D eigenvalue weighted by Crippen LogP contribution is -2.40. The lowest BCUT2D eigenvalue weighted by molar-refractivity contribution is -0.121. The summed E-state index contributed by atoms with van der Waals surface area (Å²) in [6.07, 6.45) is 1.33.